The third-order valence-corrected chi connectivity index (χ3v) is 1.95. The average molecular weight is 187 g/mol. The highest BCUT2D eigenvalue weighted by molar-refractivity contribution is 7.08. The molecule has 0 amide bonds. The van der Waals surface area contributed by atoms with Crippen molar-refractivity contribution >= 4 is 23.5 Å². The first-order chi connectivity index (χ1) is 5.66. The SMILES string of the molecule is COC(=O)c1sncc1C(=O)O. The van der Waals surface area contributed by atoms with Crippen molar-refractivity contribution in [2.75, 3.05) is 7.11 Å². The van der Waals surface area contributed by atoms with Gasteiger partial charge in [-0.25, -0.2) is 9.59 Å². The Balaban J connectivity index is 3.07. The lowest BCUT2D eigenvalue weighted by molar-refractivity contribution is 0.0589. The first-order valence-electron chi connectivity index (χ1n) is 2.93. The number of hydrogen-bond acceptors (Lipinski definition) is 5. The Bertz CT molecular complexity index is 319. The van der Waals surface area contributed by atoms with Crippen molar-refractivity contribution in [1.82, 2.24) is 4.37 Å². The summed E-state index contributed by atoms with van der Waals surface area (Å²) < 4.78 is 7.93. The molecule has 0 bridgehead atoms. The molecule has 0 saturated heterocycles. The summed E-state index contributed by atoms with van der Waals surface area (Å²) in [5, 5.41) is 8.56. The lowest BCUT2D eigenvalue weighted by Crippen LogP contribution is -2.05. The molecule has 5 nitrogen and oxygen atoms in total. The number of ether oxygens (including phenoxy) is 1. The Morgan fingerprint density at radius 2 is 2.33 bits per heavy atom. The Labute approximate surface area is 71.8 Å². The number of aromatic nitrogens is 1. The summed E-state index contributed by atoms with van der Waals surface area (Å²) in [6.07, 6.45) is 1.12. The number of carboxylic acid groups (broad SMARTS) is 1. The van der Waals surface area contributed by atoms with Gasteiger partial charge in [-0.2, -0.15) is 4.37 Å². The maximum Gasteiger partial charge on any atom is 0.350 e. The number of rotatable bonds is 2. The molecule has 6 heteroatoms. The highest BCUT2D eigenvalue weighted by atomic mass is 32.1. The predicted octanol–water partition coefficient (Wildman–Crippen LogP) is 0.628. The summed E-state index contributed by atoms with van der Waals surface area (Å²) in [7, 11) is 1.19. The zero-order valence-corrected chi connectivity index (χ0v) is 6.92. The number of nitrogens with zero attached hydrogens (tertiary/aromatic N) is 1. The molecule has 12 heavy (non-hydrogen) atoms. The summed E-state index contributed by atoms with van der Waals surface area (Å²) in [4.78, 5) is 21.4. The Kier molecular flexibility index (Phi) is 2.39. The first-order valence-corrected chi connectivity index (χ1v) is 3.70. The summed E-state index contributed by atoms with van der Waals surface area (Å²) in [6.45, 7) is 0. The Morgan fingerprint density at radius 1 is 1.67 bits per heavy atom. The fourth-order valence-corrected chi connectivity index (χ4v) is 1.29. The number of esters is 1. The van der Waals surface area contributed by atoms with E-state index < -0.39 is 11.9 Å². The lowest BCUT2D eigenvalue weighted by Gasteiger charge is -1.94. The van der Waals surface area contributed by atoms with Crippen molar-refractivity contribution in [3.05, 3.63) is 16.6 Å². The molecule has 0 radical (unpaired) electrons. The maximum atomic E-state index is 10.9. The van der Waals surface area contributed by atoms with Gasteiger partial charge in [-0.15, -0.1) is 0 Å². The van der Waals surface area contributed by atoms with Crippen LogP contribution < -0.4 is 0 Å². The van der Waals surface area contributed by atoms with Gasteiger partial charge < -0.3 is 9.84 Å². The second kappa shape index (κ2) is 3.31. The van der Waals surface area contributed by atoms with Crippen LogP contribution in [0.2, 0.25) is 0 Å². The molecule has 0 aliphatic heterocycles. The molecule has 0 saturated carbocycles. The van der Waals surface area contributed by atoms with E-state index in [9.17, 15) is 9.59 Å². The minimum Gasteiger partial charge on any atom is -0.478 e. The molecule has 0 unspecified atom stereocenters. The Morgan fingerprint density at radius 3 is 2.83 bits per heavy atom. The van der Waals surface area contributed by atoms with Gasteiger partial charge in [0.1, 0.15) is 10.4 Å². The topological polar surface area (TPSA) is 76.5 Å². The van der Waals surface area contributed by atoms with Crippen molar-refractivity contribution in [2.24, 2.45) is 0 Å². The van der Waals surface area contributed by atoms with Crippen molar-refractivity contribution in [3.8, 4) is 0 Å². The van der Waals surface area contributed by atoms with Crippen LogP contribution in [0.1, 0.15) is 20.0 Å². The summed E-state index contributed by atoms with van der Waals surface area (Å²) in [6, 6.07) is 0. The van der Waals surface area contributed by atoms with Gasteiger partial charge in [0.2, 0.25) is 0 Å². The number of carboxylic acids is 1. The Hall–Kier alpha value is -1.43. The van der Waals surface area contributed by atoms with Gasteiger partial charge in [0, 0.05) is 0 Å². The highest BCUT2D eigenvalue weighted by Crippen LogP contribution is 2.14. The van der Waals surface area contributed by atoms with E-state index in [0.29, 0.717) is 0 Å². The van der Waals surface area contributed by atoms with Crippen LogP contribution in [0.4, 0.5) is 0 Å². The second-order valence-electron chi connectivity index (χ2n) is 1.87. The van der Waals surface area contributed by atoms with Crippen LogP contribution in [0.25, 0.3) is 0 Å². The normalized spacial score (nSPS) is 9.42. The smallest absolute Gasteiger partial charge is 0.350 e. The molecule has 0 aliphatic rings. The number of hydrogen-bond donors (Lipinski definition) is 1. The van der Waals surface area contributed by atoms with Gasteiger partial charge in [-0.1, -0.05) is 0 Å². The van der Waals surface area contributed by atoms with Crippen molar-refractivity contribution in [2.45, 2.75) is 0 Å². The third kappa shape index (κ3) is 1.42. The molecule has 1 aromatic heterocycles. The van der Waals surface area contributed by atoms with Gasteiger partial charge in [0.25, 0.3) is 0 Å². The van der Waals surface area contributed by atoms with Crippen LogP contribution >= 0.6 is 11.5 Å². The molecular formula is C6H5NO4S. The van der Waals surface area contributed by atoms with E-state index in [1.807, 2.05) is 0 Å². The minimum atomic E-state index is -1.18. The quantitative estimate of drug-likeness (QED) is 0.687. The van der Waals surface area contributed by atoms with E-state index in [1.54, 1.807) is 0 Å². The summed E-state index contributed by atoms with van der Waals surface area (Å²) >= 11 is 0.805. The van der Waals surface area contributed by atoms with Crippen molar-refractivity contribution < 1.29 is 19.4 Å². The standard InChI is InChI=1S/C6H5NO4S/c1-11-6(10)4-3(5(8)9)2-7-12-4/h2H,1H3,(H,8,9). The largest absolute Gasteiger partial charge is 0.478 e. The van der Waals surface area contributed by atoms with Gasteiger partial charge in [0.05, 0.1) is 13.3 Å². The predicted molar refractivity (Wildman–Crippen MR) is 40.4 cm³/mol. The molecule has 1 rings (SSSR count). The second-order valence-corrected chi connectivity index (χ2v) is 2.67. The maximum absolute atomic E-state index is 10.9. The fourth-order valence-electron chi connectivity index (χ4n) is 0.632. The number of aromatic carboxylic acids is 1. The molecule has 1 heterocycles. The monoisotopic (exact) mass is 187 g/mol. The van der Waals surface area contributed by atoms with E-state index in [-0.39, 0.29) is 10.4 Å². The summed E-state index contributed by atoms with van der Waals surface area (Å²) in [5.74, 6) is -1.85. The molecule has 0 atom stereocenters. The van der Waals surface area contributed by atoms with E-state index in [2.05, 4.69) is 9.11 Å². The van der Waals surface area contributed by atoms with Gasteiger partial charge in [0.15, 0.2) is 0 Å². The first kappa shape index (κ1) is 8.66. The average Bonchev–Trinajstić information content (AvgIpc) is 2.50. The van der Waals surface area contributed by atoms with Crippen LogP contribution in [-0.2, 0) is 4.74 Å². The van der Waals surface area contributed by atoms with Crippen LogP contribution in [0, 0.1) is 0 Å². The van der Waals surface area contributed by atoms with Crippen LogP contribution in [0.5, 0.6) is 0 Å². The number of carbonyl (C=O) groups excluding carboxylic acids is 1. The number of carbonyl (C=O) groups is 2. The van der Waals surface area contributed by atoms with Crippen molar-refractivity contribution in [3.63, 3.8) is 0 Å². The van der Waals surface area contributed by atoms with E-state index in [1.165, 1.54) is 7.11 Å². The van der Waals surface area contributed by atoms with Crippen molar-refractivity contribution in [1.29, 1.82) is 0 Å². The molecular weight excluding hydrogens is 182 g/mol. The van der Waals surface area contributed by atoms with E-state index in [4.69, 9.17) is 5.11 Å². The third-order valence-electron chi connectivity index (χ3n) is 1.17. The zero-order valence-electron chi connectivity index (χ0n) is 6.10. The summed E-state index contributed by atoms with van der Waals surface area (Å²) in [5.41, 5.74) is -0.119. The fraction of sp³-hybridized carbons (Fsp3) is 0.167. The van der Waals surface area contributed by atoms with Gasteiger partial charge >= 0.3 is 11.9 Å². The molecule has 1 aromatic rings. The van der Waals surface area contributed by atoms with Gasteiger partial charge in [-0.3, -0.25) is 0 Å². The highest BCUT2D eigenvalue weighted by Gasteiger charge is 2.19. The molecule has 0 aromatic carbocycles. The zero-order chi connectivity index (χ0) is 9.14. The molecule has 64 valence electrons. The number of methoxy groups -OCH3 is 1. The van der Waals surface area contributed by atoms with Crippen LogP contribution in [0.15, 0.2) is 6.20 Å². The minimum absolute atomic E-state index is 0.0185. The molecule has 0 fully saturated rings. The molecule has 0 spiro atoms. The molecule has 1 N–H and O–H groups in total. The van der Waals surface area contributed by atoms with E-state index >= 15 is 0 Å². The van der Waals surface area contributed by atoms with Crippen LogP contribution in [-0.4, -0.2) is 28.5 Å². The molecule has 0 aliphatic carbocycles. The van der Waals surface area contributed by atoms with E-state index in [0.717, 1.165) is 17.7 Å². The lowest BCUT2D eigenvalue weighted by atomic mass is 10.3. The van der Waals surface area contributed by atoms with Crippen LogP contribution in [0.3, 0.4) is 0 Å². The van der Waals surface area contributed by atoms with Gasteiger partial charge in [-0.05, 0) is 11.5 Å².